The second kappa shape index (κ2) is 12.6. The Balaban J connectivity index is 1.73. The minimum absolute atomic E-state index is 0.0629. The molecule has 0 amide bonds. The molecule has 0 radical (unpaired) electrons. The van der Waals surface area contributed by atoms with Crippen molar-refractivity contribution < 1.29 is 9.47 Å². The third-order valence-corrected chi connectivity index (χ3v) is 5.75. The van der Waals surface area contributed by atoms with E-state index in [0.29, 0.717) is 6.04 Å². The van der Waals surface area contributed by atoms with Crippen LogP contribution < -0.4 is 4.74 Å². The quantitative estimate of drug-likeness (QED) is 0.464. The summed E-state index contributed by atoms with van der Waals surface area (Å²) in [5, 5.41) is 0. The van der Waals surface area contributed by atoms with E-state index >= 15 is 0 Å². The molecule has 4 nitrogen and oxygen atoms in total. The summed E-state index contributed by atoms with van der Waals surface area (Å²) in [6.45, 7) is 4.52. The molecule has 160 valence electrons. The van der Waals surface area contributed by atoms with Gasteiger partial charge in [0.1, 0.15) is 12.0 Å². The standard InChI is InChI=1S/C25H38N2O2/c1-21(11-10-17-26(2)18-16-22-12-7-6-8-13-22)27(3)25(29-5)20-23-14-9-15-24(19-23)28-4/h6-9,12-15,19,21,25H,10-11,16-18,20H2,1-5H3. The smallest absolute Gasteiger partial charge is 0.119 e. The van der Waals surface area contributed by atoms with E-state index in [1.54, 1.807) is 14.2 Å². The average molecular weight is 399 g/mol. The molecule has 0 bridgehead atoms. The highest BCUT2D eigenvalue weighted by Crippen LogP contribution is 2.18. The van der Waals surface area contributed by atoms with Crippen LogP contribution in [-0.4, -0.2) is 63.5 Å². The van der Waals surface area contributed by atoms with Crippen molar-refractivity contribution in [3.05, 3.63) is 65.7 Å². The van der Waals surface area contributed by atoms with Crippen LogP contribution in [0.5, 0.6) is 5.75 Å². The fourth-order valence-electron chi connectivity index (χ4n) is 3.62. The summed E-state index contributed by atoms with van der Waals surface area (Å²) in [6, 6.07) is 19.4. The molecule has 0 fully saturated rings. The van der Waals surface area contributed by atoms with Crippen LogP contribution in [-0.2, 0) is 17.6 Å². The van der Waals surface area contributed by atoms with Gasteiger partial charge in [0.15, 0.2) is 0 Å². The van der Waals surface area contributed by atoms with Crippen molar-refractivity contribution in [3.63, 3.8) is 0 Å². The molecule has 0 saturated heterocycles. The van der Waals surface area contributed by atoms with E-state index in [-0.39, 0.29) is 6.23 Å². The van der Waals surface area contributed by atoms with Crippen molar-refractivity contribution in [2.75, 3.05) is 41.4 Å². The lowest BCUT2D eigenvalue weighted by molar-refractivity contribution is -0.0377. The lowest BCUT2D eigenvalue weighted by Crippen LogP contribution is -2.41. The summed E-state index contributed by atoms with van der Waals surface area (Å²) in [7, 11) is 7.89. The molecule has 2 aromatic rings. The Labute approximate surface area is 177 Å². The van der Waals surface area contributed by atoms with Crippen LogP contribution in [0.4, 0.5) is 0 Å². The summed E-state index contributed by atoms with van der Waals surface area (Å²) < 4.78 is 11.1. The van der Waals surface area contributed by atoms with E-state index in [1.165, 1.54) is 17.5 Å². The maximum atomic E-state index is 5.80. The molecule has 0 spiro atoms. The van der Waals surface area contributed by atoms with Gasteiger partial charge >= 0.3 is 0 Å². The Morgan fingerprint density at radius 3 is 2.31 bits per heavy atom. The first-order valence-corrected chi connectivity index (χ1v) is 10.6. The highest BCUT2D eigenvalue weighted by Gasteiger charge is 2.20. The van der Waals surface area contributed by atoms with Crippen LogP contribution >= 0.6 is 0 Å². The zero-order valence-corrected chi connectivity index (χ0v) is 18.8. The molecule has 0 saturated carbocycles. The molecule has 2 aromatic carbocycles. The number of nitrogens with zero attached hydrogens (tertiary/aromatic N) is 2. The minimum atomic E-state index is 0.0629. The zero-order valence-electron chi connectivity index (χ0n) is 18.8. The zero-order chi connectivity index (χ0) is 21.1. The minimum Gasteiger partial charge on any atom is -0.497 e. The summed E-state index contributed by atoms with van der Waals surface area (Å²) in [4.78, 5) is 4.78. The van der Waals surface area contributed by atoms with Gasteiger partial charge in [0.25, 0.3) is 0 Å². The summed E-state index contributed by atoms with van der Waals surface area (Å²) >= 11 is 0. The summed E-state index contributed by atoms with van der Waals surface area (Å²) in [5.74, 6) is 0.895. The van der Waals surface area contributed by atoms with Crippen molar-refractivity contribution in [2.24, 2.45) is 0 Å². The van der Waals surface area contributed by atoms with E-state index in [1.807, 2.05) is 12.1 Å². The van der Waals surface area contributed by atoms with Crippen molar-refractivity contribution >= 4 is 0 Å². The second-order valence-electron chi connectivity index (χ2n) is 7.94. The third kappa shape index (κ3) is 8.17. The van der Waals surface area contributed by atoms with Gasteiger partial charge in [-0.15, -0.1) is 0 Å². The fraction of sp³-hybridized carbons (Fsp3) is 0.520. The molecular formula is C25H38N2O2. The van der Waals surface area contributed by atoms with Gasteiger partial charge in [-0.3, -0.25) is 4.90 Å². The molecule has 2 atom stereocenters. The highest BCUT2D eigenvalue weighted by molar-refractivity contribution is 5.28. The Kier molecular flexibility index (Phi) is 10.2. The second-order valence-corrected chi connectivity index (χ2v) is 7.94. The number of rotatable bonds is 13. The largest absolute Gasteiger partial charge is 0.497 e. The number of ether oxygens (including phenoxy) is 2. The molecule has 4 heteroatoms. The van der Waals surface area contributed by atoms with Crippen molar-refractivity contribution in [2.45, 2.75) is 44.9 Å². The van der Waals surface area contributed by atoms with Crippen LogP contribution in [0.1, 0.15) is 30.9 Å². The molecule has 29 heavy (non-hydrogen) atoms. The van der Waals surface area contributed by atoms with E-state index in [9.17, 15) is 0 Å². The molecule has 0 aliphatic carbocycles. The third-order valence-electron chi connectivity index (χ3n) is 5.75. The number of hydrogen-bond donors (Lipinski definition) is 0. The molecule has 0 aliphatic rings. The van der Waals surface area contributed by atoms with E-state index < -0.39 is 0 Å². The maximum Gasteiger partial charge on any atom is 0.119 e. The Morgan fingerprint density at radius 1 is 0.897 bits per heavy atom. The van der Waals surface area contributed by atoms with E-state index in [2.05, 4.69) is 73.3 Å². The van der Waals surface area contributed by atoms with Gasteiger partial charge in [0.2, 0.25) is 0 Å². The average Bonchev–Trinajstić information content (AvgIpc) is 2.76. The first-order valence-electron chi connectivity index (χ1n) is 10.6. The number of hydrogen-bond acceptors (Lipinski definition) is 4. The van der Waals surface area contributed by atoms with Crippen LogP contribution in [0.25, 0.3) is 0 Å². The monoisotopic (exact) mass is 398 g/mol. The molecular weight excluding hydrogens is 360 g/mol. The molecule has 0 aliphatic heterocycles. The van der Waals surface area contributed by atoms with Crippen LogP contribution in [0.3, 0.4) is 0 Å². The Hall–Kier alpha value is -1.88. The van der Waals surface area contributed by atoms with Crippen LogP contribution in [0.15, 0.2) is 54.6 Å². The van der Waals surface area contributed by atoms with Crippen molar-refractivity contribution in [1.29, 1.82) is 0 Å². The van der Waals surface area contributed by atoms with Gasteiger partial charge in [-0.25, -0.2) is 0 Å². The van der Waals surface area contributed by atoms with Crippen LogP contribution in [0.2, 0.25) is 0 Å². The molecule has 2 unspecified atom stereocenters. The van der Waals surface area contributed by atoms with Gasteiger partial charge in [-0.1, -0.05) is 42.5 Å². The Morgan fingerprint density at radius 2 is 1.62 bits per heavy atom. The summed E-state index contributed by atoms with van der Waals surface area (Å²) in [6.07, 6.45) is 4.37. The molecule has 2 rings (SSSR count). The molecule has 0 aromatic heterocycles. The number of methoxy groups -OCH3 is 2. The first-order chi connectivity index (χ1) is 14.0. The predicted octanol–water partition coefficient (Wildman–Crippen LogP) is 4.49. The lowest BCUT2D eigenvalue weighted by atomic mass is 10.1. The van der Waals surface area contributed by atoms with Gasteiger partial charge in [-0.2, -0.15) is 0 Å². The number of likely N-dealkylation sites (N-methyl/N-ethyl adjacent to an activating group) is 2. The lowest BCUT2D eigenvalue weighted by Gasteiger charge is -2.32. The van der Waals surface area contributed by atoms with Crippen molar-refractivity contribution in [3.8, 4) is 5.75 Å². The van der Waals surface area contributed by atoms with Gasteiger partial charge < -0.3 is 14.4 Å². The van der Waals surface area contributed by atoms with E-state index in [0.717, 1.165) is 38.1 Å². The molecule has 0 N–H and O–H groups in total. The van der Waals surface area contributed by atoms with Gasteiger partial charge in [-0.05, 0) is 70.1 Å². The van der Waals surface area contributed by atoms with Gasteiger partial charge in [0.05, 0.1) is 7.11 Å². The Bertz CT molecular complexity index is 692. The van der Waals surface area contributed by atoms with Crippen LogP contribution in [0, 0.1) is 0 Å². The summed E-state index contributed by atoms with van der Waals surface area (Å²) in [5.41, 5.74) is 2.64. The topological polar surface area (TPSA) is 24.9 Å². The maximum absolute atomic E-state index is 5.80. The number of benzene rings is 2. The highest BCUT2D eigenvalue weighted by atomic mass is 16.5. The molecule has 0 heterocycles. The normalized spacial score (nSPS) is 13.6. The SMILES string of the molecule is COc1cccc(CC(OC)N(C)C(C)CCCN(C)CCc2ccccc2)c1. The predicted molar refractivity (Wildman–Crippen MR) is 122 cm³/mol. The van der Waals surface area contributed by atoms with Crippen molar-refractivity contribution in [1.82, 2.24) is 9.80 Å². The van der Waals surface area contributed by atoms with Gasteiger partial charge in [0, 0.05) is 26.1 Å². The first kappa shape index (κ1) is 23.4. The fourth-order valence-corrected chi connectivity index (χ4v) is 3.62. The van der Waals surface area contributed by atoms with E-state index in [4.69, 9.17) is 9.47 Å².